The number of hydrogen-bond donors (Lipinski definition) is 0. The number of fused-ring (bicyclic) bond motifs is 5. The summed E-state index contributed by atoms with van der Waals surface area (Å²) in [6.45, 7) is 2.52. The summed E-state index contributed by atoms with van der Waals surface area (Å²) >= 11 is 2.60. The van der Waals surface area contributed by atoms with Crippen LogP contribution in [0.15, 0.2) is 27.9 Å². The third-order valence-corrected chi connectivity index (χ3v) is 8.09. The molecular weight excluding hydrogens is 371 g/mol. The average molecular weight is 394 g/mol. The van der Waals surface area contributed by atoms with Crippen LogP contribution in [0.5, 0.6) is 5.75 Å². The summed E-state index contributed by atoms with van der Waals surface area (Å²) in [7, 11) is 1.77. The highest BCUT2D eigenvalue weighted by molar-refractivity contribution is 14.1. The Labute approximate surface area is 141 Å². The van der Waals surface area contributed by atoms with Crippen LogP contribution >= 0.6 is 22.6 Å². The molecule has 0 spiro atoms. The van der Waals surface area contributed by atoms with Crippen molar-refractivity contribution >= 4 is 22.6 Å². The molecule has 112 valence electrons. The molecule has 0 aliphatic heterocycles. The third kappa shape index (κ3) is 2.01. The Morgan fingerprint density at radius 3 is 2.95 bits per heavy atom. The molecule has 0 heterocycles. The lowest BCUT2D eigenvalue weighted by Crippen LogP contribution is -2.40. The molecule has 1 aromatic rings. The van der Waals surface area contributed by atoms with Gasteiger partial charge in [-0.2, -0.15) is 0 Å². The Kier molecular flexibility index (Phi) is 3.36. The molecule has 0 bridgehead atoms. The highest BCUT2D eigenvalue weighted by Gasteiger charge is 2.51. The maximum Gasteiger partial charge on any atom is 0.119 e. The molecule has 0 aromatic heterocycles. The first kappa shape index (κ1) is 14.1. The Balaban J connectivity index is 1.69. The fraction of sp³-hybridized carbons (Fsp3) is 0.579. The minimum Gasteiger partial charge on any atom is -0.497 e. The van der Waals surface area contributed by atoms with Crippen LogP contribution < -0.4 is 4.74 Å². The number of methoxy groups -OCH3 is 1. The number of allylic oxidation sites excluding steroid dienone is 2. The van der Waals surface area contributed by atoms with E-state index in [1.54, 1.807) is 21.8 Å². The van der Waals surface area contributed by atoms with E-state index in [2.05, 4.69) is 53.8 Å². The number of halogens is 1. The van der Waals surface area contributed by atoms with E-state index < -0.39 is 0 Å². The second kappa shape index (κ2) is 5.00. The fourth-order valence-electron chi connectivity index (χ4n) is 5.20. The van der Waals surface area contributed by atoms with Crippen LogP contribution in [0.2, 0.25) is 0 Å². The van der Waals surface area contributed by atoms with Gasteiger partial charge < -0.3 is 4.74 Å². The first-order valence-corrected chi connectivity index (χ1v) is 9.24. The summed E-state index contributed by atoms with van der Waals surface area (Å²) in [5.41, 5.74) is 3.64. The predicted octanol–water partition coefficient (Wildman–Crippen LogP) is 5.48. The maximum absolute atomic E-state index is 5.41. The van der Waals surface area contributed by atoms with Gasteiger partial charge in [0.25, 0.3) is 0 Å². The van der Waals surface area contributed by atoms with Crippen molar-refractivity contribution in [3.05, 3.63) is 39.0 Å². The number of ether oxygens (including phenoxy) is 1. The van der Waals surface area contributed by atoms with Gasteiger partial charge in [-0.3, -0.25) is 0 Å². The number of benzene rings is 1. The van der Waals surface area contributed by atoms with E-state index in [1.165, 1.54) is 32.1 Å². The molecule has 3 aliphatic carbocycles. The predicted molar refractivity (Wildman–Crippen MR) is 95.1 cm³/mol. The van der Waals surface area contributed by atoms with Gasteiger partial charge in [0.15, 0.2) is 0 Å². The summed E-state index contributed by atoms with van der Waals surface area (Å²) in [4.78, 5) is 0. The fourth-order valence-corrected chi connectivity index (χ4v) is 6.12. The number of rotatable bonds is 1. The van der Waals surface area contributed by atoms with Crippen molar-refractivity contribution in [2.45, 2.75) is 44.9 Å². The minimum atomic E-state index is 0.478. The first-order valence-electron chi connectivity index (χ1n) is 8.16. The molecule has 1 fully saturated rings. The molecule has 1 aromatic carbocycles. The zero-order valence-corrected chi connectivity index (χ0v) is 15.0. The van der Waals surface area contributed by atoms with Crippen molar-refractivity contribution in [1.29, 1.82) is 0 Å². The van der Waals surface area contributed by atoms with Gasteiger partial charge in [-0.15, -0.1) is 0 Å². The smallest absolute Gasteiger partial charge is 0.119 e. The van der Waals surface area contributed by atoms with Crippen LogP contribution in [0.3, 0.4) is 0 Å². The van der Waals surface area contributed by atoms with E-state index in [-0.39, 0.29) is 0 Å². The summed E-state index contributed by atoms with van der Waals surface area (Å²) in [5, 5.41) is 0. The molecule has 0 radical (unpaired) electrons. The van der Waals surface area contributed by atoms with Crippen molar-refractivity contribution < 1.29 is 4.74 Å². The number of hydrogen-bond acceptors (Lipinski definition) is 1. The molecule has 1 saturated carbocycles. The van der Waals surface area contributed by atoms with Gasteiger partial charge in [0.2, 0.25) is 0 Å². The van der Waals surface area contributed by atoms with Gasteiger partial charge in [-0.1, -0.05) is 19.1 Å². The second-order valence-electron chi connectivity index (χ2n) is 7.22. The van der Waals surface area contributed by atoms with Crippen molar-refractivity contribution in [2.75, 3.05) is 7.11 Å². The van der Waals surface area contributed by atoms with E-state index >= 15 is 0 Å². The molecule has 3 unspecified atom stereocenters. The normalized spacial score (nSPS) is 37.3. The van der Waals surface area contributed by atoms with E-state index in [0.29, 0.717) is 5.41 Å². The van der Waals surface area contributed by atoms with Gasteiger partial charge in [0.05, 0.1) is 7.11 Å². The van der Waals surface area contributed by atoms with Crippen LogP contribution in [0.4, 0.5) is 0 Å². The summed E-state index contributed by atoms with van der Waals surface area (Å²) < 4.78 is 7.04. The molecule has 2 heteroatoms. The van der Waals surface area contributed by atoms with Gasteiger partial charge in [0, 0.05) is 5.41 Å². The molecule has 21 heavy (non-hydrogen) atoms. The topological polar surface area (TPSA) is 9.23 Å². The third-order valence-electron chi connectivity index (χ3n) is 6.42. The van der Waals surface area contributed by atoms with Crippen LogP contribution in [0.1, 0.15) is 49.7 Å². The quantitative estimate of drug-likeness (QED) is 0.573. The zero-order chi connectivity index (χ0) is 14.6. The summed E-state index contributed by atoms with van der Waals surface area (Å²) in [5.74, 6) is 3.56. The molecule has 4 atom stereocenters. The van der Waals surface area contributed by atoms with Gasteiger partial charge in [-0.05, 0) is 99.3 Å². The lowest BCUT2D eigenvalue weighted by Gasteiger charge is -2.49. The molecule has 0 saturated heterocycles. The molecule has 3 aliphatic rings. The monoisotopic (exact) mass is 394 g/mol. The Morgan fingerprint density at radius 1 is 1.29 bits per heavy atom. The lowest BCUT2D eigenvalue weighted by molar-refractivity contribution is 0.0815. The zero-order valence-electron chi connectivity index (χ0n) is 12.9. The van der Waals surface area contributed by atoms with Crippen LogP contribution in [0, 0.1) is 17.3 Å². The molecule has 0 amide bonds. The molecule has 1 nitrogen and oxygen atoms in total. The molecule has 4 rings (SSSR count). The highest BCUT2D eigenvalue weighted by Crippen LogP contribution is 2.62. The summed E-state index contributed by atoms with van der Waals surface area (Å²) in [6, 6.07) is 6.78. The standard InChI is InChI=1S/C19H23IO/c1-19-10-9-15-14-6-4-13(21-2)11-12(14)3-5-16(15)17(19)7-8-18(19)20/h4,6,8,11,15-17H,3,5,7,9-10H2,1-2H3/t15?,16?,17?,19-/m0/s1. The number of aryl methyl sites for hydroxylation is 1. The maximum atomic E-state index is 5.41. The second-order valence-corrected chi connectivity index (χ2v) is 8.39. The Bertz CT molecular complexity index is 606. The summed E-state index contributed by atoms with van der Waals surface area (Å²) in [6.07, 6.45) is 9.13. The van der Waals surface area contributed by atoms with Crippen LogP contribution in [0.25, 0.3) is 0 Å². The first-order chi connectivity index (χ1) is 10.1. The van der Waals surface area contributed by atoms with Crippen molar-refractivity contribution in [3.8, 4) is 5.75 Å². The SMILES string of the molecule is COc1ccc2c(c1)CCC1C2CC[C@]2(C)C(I)=CCC12. The van der Waals surface area contributed by atoms with E-state index in [9.17, 15) is 0 Å². The van der Waals surface area contributed by atoms with E-state index in [1.807, 2.05) is 0 Å². The van der Waals surface area contributed by atoms with Crippen LogP contribution in [-0.2, 0) is 6.42 Å². The average Bonchev–Trinajstić information content (AvgIpc) is 2.82. The molecular formula is C19H23IO. The largest absolute Gasteiger partial charge is 0.497 e. The lowest BCUT2D eigenvalue weighted by atomic mass is 9.56. The highest BCUT2D eigenvalue weighted by atomic mass is 127. The Hall–Kier alpha value is -0.510. The Morgan fingerprint density at radius 2 is 2.14 bits per heavy atom. The van der Waals surface area contributed by atoms with Gasteiger partial charge in [0.1, 0.15) is 5.75 Å². The minimum absolute atomic E-state index is 0.478. The van der Waals surface area contributed by atoms with Crippen molar-refractivity contribution in [3.63, 3.8) is 0 Å². The van der Waals surface area contributed by atoms with E-state index in [4.69, 9.17) is 4.74 Å². The van der Waals surface area contributed by atoms with Gasteiger partial charge in [-0.25, -0.2) is 0 Å². The van der Waals surface area contributed by atoms with Crippen molar-refractivity contribution in [2.24, 2.45) is 17.3 Å². The van der Waals surface area contributed by atoms with Crippen LogP contribution in [-0.4, -0.2) is 7.11 Å². The van der Waals surface area contributed by atoms with Crippen molar-refractivity contribution in [1.82, 2.24) is 0 Å². The van der Waals surface area contributed by atoms with E-state index in [0.717, 1.165) is 23.5 Å². The molecule has 0 N–H and O–H groups in total. The van der Waals surface area contributed by atoms with Gasteiger partial charge >= 0.3 is 0 Å².